The van der Waals surface area contributed by atoms with Crippen LogP contribution in [0.25, 0.3) is 0 Å². The molecule has 3 rings (SSSR count). The predicted octanol–water partition coefficient (Wildman–Crippen LogP) is 3.70. The molecule has 0 fully saturated rings. The number of nitrogens with zero attached hydrogens (tertiary/aromatic N) is 1. The van der Waals surface area contributed by atoms with Crippen molar-refractivity contribution >= 4 is 17.8 Å². The normalized spacial score (nSPS) is 10.1. The molecule has 3 aromatic rings. The standard InChI is InChI=1S/C23H20N2O6/c26-22(27)18(23(28)29)12-24-21-11-19(30-14-16-7-3-1-4-8-16)20(13-25-21)31-15-17-9-5-2-6-10-17/h1-13H,14-15H2,(H,24,25)(H,26,27)(H,28,29). The summed E-state index contributed by atoms with van der Waals surface area (Å²) in [5, 5.41) is 20.5. The highest BCUT2D eigenvalue weighted by molar-refractivity contribution is 6.12. The van der Waals surface area contributed by atoms with Crippen molar-refractivity contribution in [2.24, 2.45) is 0 Å². The molecule has 0 aliphatic heterocycles. The van der Waals surface area contributed by atoms with Crippen LogP contribution in [0.3, 0.4) is 0 Å². The van der Waals surface area contributed by atoms with E-state index in [0.717, 1.165) is 17.3 Å². The van der Waals surface area contributed by atoms with E-state index in [4.69, 9.17) is 19.7 Å². The van der Waals surface area contributed by atoms with Crippen molar-refractivity contribution < 1.29 is 29.3 Å². The molecule has 31 heavy (non-hydrogen) atoms. The number of ether oxygens (including phenoxy) is 2. The Kier molecular flexibility index (Phi) is 7.21. The summed E-state index contributed by atoms with van der Waals surface area (Å²) in [6, 6.07) is 20.6. The first-order valence-corrected chi connectivity index (χ1v) is 9.29. The van der Waals surface area contributed by atoms with E-state index in [1.807, 2.05) is 60.7 Å². The Bertz CT molecular complexity index is 1050. The molecule has 0 saturated carbocycles. The summed E-state index contributed by atoms with van der Waals surface area (Å²) in [6.07, 6.45) is 2.29. The average Bonchev–Trinajstić information content (AvgIpc) is 2.78. The molecule has 2 aromatic carbocycles. The number of pyridine rings is 1. The second kappa shape index (κ2) is 10.4. The van der Waals surface area contributed by atoms with E-state index >= 15 is 0 Å². The van der Waals surface area contributed by atoms with Crippen LogP contribution in [0, 0.1) is 0 Å². The lowest BCUT2D eigenvalue weighted by Crippen LogP contribution is -2.13. The Labute approximate surface area is 178 Å². The minimum absolute atomic E-state index is 0.204. The number of nitrogens with one attached hydrogen (secondary N) is 1. The molecular weight excluding hydrogens is 400 g/mol. The molecule has 0 saturated heterocycles. The summed E-state index contributed by atoms with van der Waals surface area (Å²) < 4.78 is 11.7. The van der Waals surface area contributed by atoms with Gasteiger partial charge < -0.3 is 25.0 Å². The van der Waals surface area contributed by atoms with Crippen molar-refractivity contribution in [1.29, 1.82) is 0 Å². The molecule has 0 bridgehead atoms. The first-order chi connectivity index (χ1) is 15.0. The largest absolute Gasteiger partial charge is 0.485 e. The number of carboxylic acid groups (broad SMARTS) is 2. The fourth-order valence-corrected chi connectivity index (χ4v) is 2.56. The third kappa shape index (κ3) is 6.33. The third-order valence-electron chi connectivity index (χ3n) is 4.13. The molecule has 0 aliphatic carbocycles. The second-order valence-electron chi connectivity index (χ2n) is 6.38. The van der Waals surface area contributed by atoms with Crippen LogP contribution in [-0.2, 0) is 22.8 Å². The monoisotopic (exact) mass is 420 g/mol. The van der Waals surface area contributed by atoms with Crippen LogP contribution >= 0.6 is 0 Å². The fourth-order valence-electron chi connectivity index (χ4n) is 2.56. The highest BCUT2D eigenvalue weighted by Crippen LogP contribution is 2.30. The van der Waals surface area contributed by atoms with E-state index in [0.29, 0.717) is 18.1 Å². The van der Waals surface area contributed by atoms with Gasteiger partial charge in [0.25, 0.3) is 0 Å². The Morgan fingerprint density at radius 2 is 1.35 bits per heavy atom. The number of hydrogen-bond donors (Lipinski definition) is 3. The summed E-state index contributed by atoms with van der Waals surface area (Å²) in [5.74, 6) is -2.16. The maximum atomic E-state index is 11.0. The first kappa shape index (κ1) is 21.4. The van der Waals surface area contributed by atoms with E-state index in [1.165, 1.54) is 12.3 Å². The van der Waals surface area contributed by atoms with Gasteiger partial charge in [0.2, 0.25) is 0 Å². The summed E-state index contributed by atoms with van der Waals surface area (Å²) in [5.41, 5.74) is 1.09. The van der Waals surface area contributed by atoms with Crippen LogP contribution in [-0.4, -0.2) is 27.1 Å². The van der Waals surface area contributed by atoms with Crippen molar-refractivity contribution in [3.63, 3.8) is 0 Å². The molecule has 0 aliphatic rings. The zero-order valence-corrected chi connectivity index (χ0v) is 16.4. The number of anilines is 1. The fraction of sp³-hybridized carbons (Fsp3) is 0.0870. The van der Waals surface area contributed by atoms with Crippen LogP contribution < -0.4 is 14.8 Å². The summed E-state index contributed by atoms with van der Waals surface area (Å²) >= 11 is 0. The maximum Gasteiger partial charge on any atom is 0.344 e. The molecule has 0 spiro atoms. The number of aliphatic carboxylic acids is 2. The molecule has 8 nitrogen and oxygen atoms in total. The third-order valence-corrected chi connectivity index (χ3v) is 4.13. The molecular formula is C23H20N2O6. The minimum Gasteiger partial charge on any atom is -0.485 e. The summed E-state index contributed by atoms with van der Waals surface area (Å²) in [7, 11) is 0. The summed E-state index contributed by atoms with van der Waals surface area (Å²) in [4.78, 5) is 26.2. The first-order valence-electron chi connectivity index (χ1n) is 9.29. The van der Waals surface area contributed by atoms with Crippen LogP contribution in [0.15, 0.2) is 84.7 Å². The Morgan fingerprint density at radius 3 is 1.87 bits per heavy atom. The molecule has 1 aromatic heterocycles. The van der Waals surface area contributed by atoms with Gasteiger partial charge in [0, 0.05) is 12.3 Å². The van der Waals surface area contributed by atoms with Crippen molar-refractivity contribution in [2.45, 2.75) is 13.2 Å². The van der Waals surface area contributed by atoms with Gasteiger partial charge in [-0.1, -0.05) is 60.7 Å². The molecule has 0 radical (unpaired) electrons. The molecule has 0 amide bonds. The second-order valence-corrected chi connectivity index (χ2v) is 6.38. The number of aromatic nitrogens is 1. The van der Waals surface area contributed by atoms with E-state index in [2.05, 4.69) is 10.3 Å². The Balaban J connectivity index is 1.80. The van der Waals surface area contributed by atoms with Crippen molar-refractivity contribution in [1.82, 2.24) is 4.98 Å². The number of hydrogen-bond acceptors (Lipinski definition) is 6. The highest BCUT2D eigenvalue weighted by Gasteiger charge is 2.16. The average molecular weight is 420 g/mol. The van der Waals surface area contributed by atoms with E-state index in [1.54, 1.807) is 0 Å². The van der Waals surface area contributed by atoms with Gasteiger partial charge >= 0.3 is 11.9 Å². The molecule has 1 heterocycles. The zero-order valence-electron chi connectivity index (χ0n) is 16.4. The number of benzene rings is 2. The number of carbonyl (C=O) groups is 2. The van der Waals surface area contributed by atoms with Gasteiger partial charge in [-0.05, 0) is 11.1 Å². The summed E-state index contributed by atoms with van der Waals surface area (Å²) in [6.45, 7) is 0.580. The molecule has 8 heteroatoms. The topological polar surface area (TPSA) is 118 Å². The SMILES string of the molecule is O=C(O)C(=CNc1cc(OCc2ccccc2)c(OCc2ccccc2)cn1)C(=O)O. The van der Waals surface area contributed by atoms with Crippen molar-refractivity contribution in [3.05, 3.63) is 95.8 Å². The lowest BCUT2D eigenvalue weighted by Gasteiger charge is -2.14. The Morgan fingerprint density at radius 1 is 0.839 bits per heavy atom. The van der Waals surface area contributed by atoms with E-state index in [9.17, 15) is 9.59 Å². The Hall–Kier alpha value is -4.33. The molecule has 3 N–H and O–H groups in total. The van der Waals surface area contributed by atoms with Gasteiger partial charge in [-0.3, -0.25) is 0 Å². The van der Waals surface area contributed by atoms with Crippen LogP contribution in [0.2, 0.25) is 0 Å². The van der Waals surface area contributed by atoms with E-state index < -0.39 is 17.5 Å². The predicted molar refractivity (Wildman–Crippen MR) is 113 cm³/mol. The van der Waals surface area contributed by atoms with Gasteiger partial charge in [-0.2, -0.15) is 0 Å². The van der Waals surface area contributed by atoms with Gasteiger partial charge in [-0.15, -0.1) is 0 Å². The number of carboxylic acids is 2. The molecule has 0 atom stereocenters. The molecule has 158 valence electrons. The highest BCUT2D eigenvalue weighted by atomic mass is 16.5. The van der Waals surface area contributed by atoms with Gasteiger partial charge in [-0.25, -0.2) is 14.6 Å². The number of rotatable bonds is 10. The minimum atomic E-state index is -1.57. The van der Waals surface area contributed by atoms with Crippen LogP contribution in [0.4, 0.5) is 5.82 Å². The van der Waals surface area contributed by atoms with E-state index in [-0.39, 0.29) is 12.4 Å². The lowest BCUT2D eigenvalue weighted by atomic mass is 10.2. The quantitative estimate of drug-likeness (QED) is 0.258. The smallest absolute Gasteiger partial charge is 0.344 e. The zero-order chi connectivity index (χ0) is 22.1. The lowest BCUT2D eigenvalue weighted by molar-refractivity contribution is -0.140. The van der Waals surface area contributed by atoms with Crippen molar-refractivity contribution in [3.8, 4) is 11.5 Å². The van der Waals surface area contributed by atoms with Crippen LogP contribution in [0.5, 0.6) is 11.5 Å². The van der Waals surface area contributed by atoms with Crippen molar-refractivity contribution in [2.75, 3.05) is 5.32 Å². The van der Waals surface area contributed by atoms with Crippen LogP contribution in [0.1, 0.15) is 11.1 Å². The van der Waals surface area contributed by atoms with Gasteiger partial charge in [0.05, 0.1) is 6.20 Å². The van der Waals surface area contributed by atoms with Gasteiger partial charge in [0.15, 0.2) is 17.1 Å². The van der Waals surface area contributed by atoms with Gasteiger partial charge in [0.1, 0.15) is 19.0 Å². The maximum absolute atomic E-state index is 11.0. The molecule has 0 unspecified atom stereocenters.